The Bertz CT molecular complexity index is 1450. The Hall–Kier alpha value is -4.16. The van der Waals surface area contributed by atoms with Crippen molar-refractivity contribution < 1.29 is 22.7 Å². The molecule has 0 saturated heterocycles. The molecule has 1 amide bonds. The highest BCUT2D eigenvalue weighted by Crippen LogP contribution is 2.35. The zero-order valence-electron chi connectivity index (χ0n) is 21.8. The molecule has 0 aliphatic rings. The lowest BCUT2D eigenvalue weighted by Crippen LogP contribution is -2.27. The van der Waals surface area contributed by atoms with Gasteiger partial charge < -0.3 is 30.6 Å². The normalized spacial score (nSPS) is 11.5. The van der Waals surface area contributed by atoms with Crippen LogP contribution in [0, 0.1) is 0 Å². The van der Waals surface area contributed by atoms with Crippen molar-refractivity contribution in [2.45, 2.75) is 19.6 Å². The molecule has 2 aromatic heterocycles. The average Bonchev–Trinajstić information content (AvgIpc) is 3.22. The van der Waals surface area contributed by atoms with Gasteiger partial charge in [0.2, 0.25) is 5.95 Å². The Morgan fingerprint density at radius 3 is 2.54 bits per heavy atom. The van der Waals surface area contributed by atoms with Crippen LogP contribution >= 0.6 is 0 Å². The van der Waals surface area contributed by atoms with Crippen LogP contribution in [0.5, 0.6) is 11.5 Å². The van der Waals surface area contributed by atoms with E-state index in [1.165, 1.54) is 25.4 Å². The summed E-state index contributed by atoms with van der Waals surface area (Å²) in [6.07, 6.45) is -3.02. The van der Waals surface area contributed by atoms with Crippen LogP contribution in [0.25, 0.3) is 11.0 Å². The van der Waals surface area contributed by atoms with Crippen LogP contribution in [0.15, 0.2) is 54.7 Å². The van der Waals surface area contributed by atoms with Gasteiger partial charge >= 0.3 is 6.18 Å². The summed E-state index contributed by atoms with van der Waals surface area (Å²) in [4.78, 5) is 20.4. The number of ether oxygens (including phenoxy) is 1. The highest BCUT2D eigenvalue weighted by Gasteiger charge is 2.33. The summed E-state index contributed by atoms with van der Waals surface area (Å²) < 4.78 is 49.1. The van der Waals surface area contributed by atoms with Gasteiger partial charge in [-0.3, -0.25) is 9.78 Å². The molecule has 206 valence electrons. The highest BCUT2D eigenvalue weighted by atomic mass is 19.4. The smallest absolute Gasteiger partial charge is 0.416 e. The van der Waals surface area contributed by atoms with Gasteiger partial charge in [-0.15, -0.1) is 0 Å². The molecule has 2 aromatic carbocycles. The minimum Gasteiger partial charge on any atom is -0.457 e. The molecule has 0 aliphatic heterocycles. The number of likely N-dealkylation sites (N-methyl/N-ethyl adjacent to an activating group) is 1. The van der Waals surface area contributed by atoms with Crippen molar-refractivity contribution in [2.75, 3.05) is 32.0 Å². The molecule has 0 bridgehead atoms. The second kappa shape index (κ2) is 12.1. The number of aryl methyl sites for hydroxylation is 1. The molecule has 9 nitrogen and oxygen atoms in total. The minimum absolute atomic E-state index is 0.109. The van der Waals surface area contributed by atoms with E-state index >= 15 is 0 Å². The number of imidazole rings is 1. The first-order valence-corrected chi connectivity index (χ1v) is 12.4. The molecule has 0 spiro atoms. The van der Waals surface area contributed by atoms with Gasteiger partial charge in [-0.1, -0.05) is 13.0 Å². The second-order valence-corrected chi connectivity index (χ2v) is 8.73. The van der Waals surface area contributed by atoms with Gasteiger partial charge in [0.25, 0.3) is 5.91 Å². The summed E-state index contributed by atoms with van der Waals surface area (Å²) >= 11 is 0. The lowest BCUT2D eigenvalue weighted by Gasteiger charge is -2.16. The van der Waals surface area contributed by atoms with Crippen LogP contribution in [-0.4, -0.2) is 47.1 Å². The number of fused-ring (bicyclic) bond motifs is 1. The highest BCUT2D eigenvalue weighted by molar-refractivity contribution is 5.92. The number of benzene rings is 2. The fourth-order valence-corrected chi connectivity index (χ4v) is 3.99. The topological polar surface area (TPSA) is 105 Å². The van der Waals surface area contributed by atoms with E-state index in [9.17, 15) is 18.0 Å². The molecule has 0 aliphatic carbocycles. The number of aromatic nitrogens is 3. The van der Waals surface area contributed by atoms with Crippen LogP contribution in [0.4, 0.5) is 24.8 Å². The Morgan fingerprint density at radius 1 is 1.03 bits per heavy atom. The van der Waals surface area contributed by atoms with Gasteiger partial charge in [0.05, 0.1) is 16.6 Å². The monoisotopic (exact) mass is 541 g/mol. The first-order chi connectivity index (χ1) is 18.7. The van der Waals surface area contributed by atoms with Gasteiger partial charge in [-0.25, -0.2) is 4.98 Å². The zero-order valence-corrected chi connectivity index (χ0v) is 21.8. The van der Waals surface area contributed by atoms with Crippen LogP contribution in [0.2, 0.25) is 0 Å². The summed E-state index contributed by atoms with van der Waals surface area (Å²) in [7, 11) is 3.27. The molecule has 0 fully saturated rings. The van der Waals surface area contributed by atoms with Crippen molar-refractivity contribution in [1.29, 1.82) is 0 Å². The minimum atomic E-state index is -4.50. The Morgan fingerprint density at radius 2 is 1.79 bits per heavy atom. The van der Waals surface area contributed by atoms with Gasteiger partial charge in [0.1, 0.15) is 17.2 Å². The molecule has 0 atom stereocenters. The third-order valence-electron chi connectivity index (χ3n) is 5.99. The maximum Gasteiger partial charge on any atom is 0.416 e. The van der Waals surface area contributed by atoms with Gasteiger partial charge in [-0.2, -0.15) is 13.2 Å². The Kier molecular flexibility index (Phi) is 8.67. The number of carbonyl (C=O) groups is 1. The van der Waals surface area contributed by atoms with E-state index in [4.69, 9.17) is 4.74 Å². The summed E-state index contributed by atoms with van der Waals surface area (Å²) in [5.74, 6) is 0.967. The number of pyridine rings is 1. The number of nitrogens with zero attached hydrogens (tertiary/aromatic N) is 3. The molecule has 4 aromatic rings. The van der Waals surface area contributed by atoms with E-state index in [-0.39, 0.29) is 29.4 Å². The van der Waals surface area contributed by atoms with E-state index < -0.39 is 11.7 Å². The predicted octanol–water partition coefficient (Wildman–Crippen LogP) is 4.58. The van der Waals surface area contributed by atoms with Crippen molar-refractivity contribution in [1.82, 2.24) is 30.5 Å². The molecule has 0 radical (unpaired) electrons. The van der Waals surface area contributed by atoms with Crippen LogP contribution in [0.3, 0.4) is 0 Å². The Balaban J connectivity index is 1.53. The summed E-state index contributed by atoms with van der Waals surface area (Å²) in [5, 5.41) is 11.7. The summed E-state index contributed by atoms with van der Waals surface area (Å²) in [6.45, 7) is 4.12. The molecule has 0 saturated carbocycles. The van der Waals surface area contributed by atoms with Crippen LogP contribution in [-0.2, 0) is 19.8 Å². The third-order valence-corrected chi connectivity index (χ3v) is 5.99. The number of amides is 1. The van der Waals surface area contributed by atoms with Gasteiger partial charge in [0, 0.05) is 57.7 Å². The third kappa shape index (κ3) is 6.84. The first-order valence-electron chi connectivity index (χ1n) is 12.4. The van der Waals surface area contributed by atoms with Crippen LogP contribution < -0.4 is 26.0 Å². The number of alkyl halides is 3. The van der Waals surface area contributed by atoms with Crippen LogP contribution in [0.1, 0.15) is 28.5 Å². The lowest BCUT2D eigenvalue weighted by molar-refractivity contribution is -0.138. The van der Waals surface area contributed by atoms with Crippen molar-refractivity contribution >= 4 is 28.6 Å². The number of nitrogens with one attached hydrogen (secondary N) is 4. The summed E-state index contributed by atoms with van der Waals surface area (Å²) in [6, 6.07) is 12.6. The van der Waals surface area contributed by atoms with E-state index in [1.807, 2.05) is 6.92 Å². The molecule has 0 unspecified atom stereocenters. The average molecular weight is 542 g/mol. The van der Waals surface area contributed by atoms with Crippen molar-refractivity contribution in [2.24, 2.45) is 7.05 Å². The molecule has 4 rings (SSSR count). The van der Waals surface area contributed by atoms with Crippen molar-refractivity contribution in [3.05, 3.63) is 71.5 Å². The number of hydrogen-bond acceptors (Lipinski definition) is 7. The number of carbonyl (C=O) groups excluding carboxylic acids is 1. The standard InChI is InChI=1S/C27H30F3N7O2/c1-4-32-11-12-33-16-17-5-6-18(13-21(17)27(28,29)30)35-26-36-22-8-7-19(15-24(22)37(26)3)39-20-9-10-34-23(14-20)25(38)31-2/h5-10,13-15,32-33H,4,11-12,16H2,1-3H3,(H,31,38)(H,35,36). The fourth-order valence-electron chi connectivity index (χ4n) is 3.99. The Labute approximate surface area is 223 Å². The molecular weight excluding hydrogens is 511 g/mol. The quantitative estimate of drug-likeness (QED) is 0.206. The molecule has 4 N–H and O–H groups in total. The summed E-state index contributed by atoms with van der Waals surface area (Å²) in [5.41, 5.74) is 1.29. The van der Waals surface area contributed by atoms with E-state index in [2.05, 4.69) is 31.2 Å². The largest absolute Gasteiger partial charge is 0.457 e. The number of hydrogen-bond donors (Lipinski definition) is 4. The number of rotatable bonds is 11. The van der Waals surface area contributed by atoms with E-state index in [0.717, 1.165) is 12.6 Å². The van der Waals surface area contributed by atoms with E-state index in [1.54, 1.807) is 41.9 Å². The zero-order chi connectivity index (χ0) is 28.0. The fraction of sp³-hybridized carbons (Fsp3) is 0.296. The second-order valence-electron chi connectivity index (χ2n) is 8.73. The maximum atomic E-state index is 13.8. The molecule has 12 heteroatoms. The molecule has 2 heterocycles. The van der Waals surface area contributed by atoms with Gasteiger partial charge in [-0.05, 0) is 42.4 Å². The maximum absolute atomic E-state index is 13.8. The van der Waals surface area contributed by atoms with E-state index in [0.29, 0.717) is 41.6 Å². The number of anilines is 2. The number of halogens is 3. The SMILES string of the molecule is CCNCCNCc1ccc(Nc2nc3ccc(Oc4ccnc(C(=O)NC)c4)cc3n2C)cc1C(F)(F)F. The lowest BCUT2D eigenvalue weighted by atomic mass is 10.1. The molecular formula is C27H30F3N7O2. The van der Waals surface area contributed by atoms with Gasteiger partial charge in [0.15, 0.2) is 0 Å². The predicted molar refractivity (Wildman–Crippen MR) is 143 cm³/mol. The van der Waals surface area contributed by atoms with Crippen molar-refractivity contribution in [3.8, 4) is 11.5 Å². The first kappa shape index (κ1) is 27.9. The molecule has 39 heavy (non-hydrogen) atoms. The van der Waals surface area contributed by atoms with Crippen molar-refractivity contribution in [3.63, 3.8) is 0 Å².